The highest BCUT2D eigenvalue weighted by atomic mass is 35.5. The fourth-order valence-corrected chi connectivity index (χ4v) is 5.09. The van der Waals surface area contributed by atoms with E-state index >= 15 is 0 Å². The van der Waals surface area contributed by atoms with Crippen molar-refractivity contribution in [3.05, 3.63) is 135 Å². The van der Waals surface area contributed by atoms with E-state index in [-0.39, 0.29) is 12.2 Å². The third kappa shape index (κ3) is 7.33. The number of nitriles is 1. The average Bonchev–Trinajstić information content (AvgIpc) is 3.03. The second-order valence-electron chi connectivity index (χ2n) is 9.95. The first kappa shape index (κ1) is 30.5. The molecule has 0 unspecified atom stereocenters. The fraction of sp³-hybridized carbons (Fsp3) is 0.111. The van der Waals surface area contributed by atoms with E-state index in [1.54, 1.807) is 67.8 Å². The quantitative estimate of drug-likeness (QED) is 0.124. The topological polar surface area (TPSA) is 80.6 Å². The van der Waals surface area contributed by atoms with Crippen LogP contribution in [0.15, 0.2) is 103 Å². The number of methoxy groups -OCH3 is 1. The maximum absolute atomic E-state index is 12.9. The van der Waals surface area contributed by atoms with Crippen molar-refractivity contribution in [1.82, 2.24) is 0 Å². The molecular weight excluding hydrogens is 595 g/mol. The highest BCUT2D eigenvalue weighted by molar-refractivity contribution is 6.35. The Morgan fingerprint density at radius 1 is 0.886 bits per heavy atom. The summed E-state index contributed by atoms with van der Waals surface area (Å²) in [6.07, 6.45) is 1.50. The van der Waals surface area contributed by atoms with Crippen molar-refractivity contribution in [2.24, 2.45) is 0 Å². The molecule has 5 aromatic carbocycles. The lowest BCUT2D eigenvalue weighted by atomic mass is 10.0. The molecule has 1 N–H and O–H groups in total. The molecule has 0 heterocycles. The van der Waals surface area contributed by atoms with E-state index in [2.05, 4.69) is 36.5 Å². The van der Waals surface area contributed by atoms with Gasteiger partial charge in [0.2, 0.25) is 0 Å². The third-order valence-electron chi connectivity index (χ3n) is 7.03. The second-order valence-corrected chi connectivity index (χ2v) is 10.8. The van der Waals surface area contributed by atoms with E-state index < -0.39 is 5.91 Å². The number of rotatable bonds is 10. The summed E-state index contributed by atoms with van der Waals surface area (Å²) in [4.78, 5) is 12.9. The SMILES string of the molecule is COc1cc(/C=C(\C#N)C(=O)Nc2ccc(OCc3ccc(Cl)cc3Cl)cc2)ccc1OCc1c(C)ccc2ccccc12. The van der Waals surface area contributed by atoms with Gasteiger partial charge in [0.05, 0.1) is 7.11 Å². The molecule has 0 fully saturated rings. The first-order valence-corrected chi connectivity index (χ1v) is 14.5. The number of nitrogens with one attached hydrogen (secondary N) is 1. The van der Waals surface area contributed by atoms with Gasteiger partial charge in [0.25, 0.3) is 5.91 Å². The third-order valence-corrected chi connectivity index (χ3v) is 7.62. The number of fused-ring (bicyclic) bond motifs is 1. The van der Waals surface area contributed by atoms with E-state index in [1.165, 1.54) is 6.08 Å². The first-order valence-electron chi connectivity index (χ1n) is 13.7. The molecule has 0 aliphatic heterocycles. The van der Waals surface area contributed by atoms with Crippen LogP contribution in [0, 0.1) is 18.3 Å². The van der Waals surface area contributed by atoms with Crippen molar-refractivity contribution in [3.63, 3.8) is 0 Å². The Kier molecular flexibility index (Phi) is 9.71. The molecule has 0 atom stereocenters. The van der Waals surface area contributed by atoms with Crippen molar-refractivity contribution in [2.75, 3.05) is 12.4 Å². The summed E-state index contributed by atoms with van der Waals surface area (Å²) >= 11 is 12.2. The van der Waals surface area contributed by atoms with Crippen LogP contribution in [-0.2, 0) is 18.0 Å². The maximum atomic E-state index is 12.9. The summed E-state index contributed by atoms with van der Waals surface area (Å²) in [5, 5.41) is 15.8. The number of aryl methyl sites for hydroxylation is 1. The summed E-state index contributed by atoms with van der Waals surface area (Å²) < 4.78 is 17.5. The average molecular weight is 624 g/mol. The van der Waals surface area contributed by atoms with Crippen LogP contribution < -0.4 is 19.5 Å². The van der Waals surface area contributed by atoms with Crippen LogP contribution in [-0.4, -0.2) is 13.0 Å². The number of amides is 1. The Bertz CT molecular complexity index is 1900. The van der Waals surface area contributed by atoms with Gasteiger partial charge in [-0.05, 0) is 83.4 Å². The molecular formula is C36H28Cl2N2O4. The minimum Gasteiger partial charge on any atom is -0.493 e. The molecule has 0 saturated carbocycles. The van der Waals surface area contributed by atoms with Crippen LogP contribution in [0.2, 0.25) is 10.0 Å². The van der Waals surface area contributed by atoms with Gasteiger partial charge in [0.1, 0.15) is 30.6 Å². The molecule has 220 valence electrons. The summed E-state index contributed by atoms with van der Waals surface area (Å²) in [7, 11) is 1.55. The van der Waals surface area contributed by atoms with Gasteiger partial charge < -0.3 is 19.5 Å². The summed E-state index contributed by atoms with van der Waals surface area (Å²) in [6.45, 7) is 2.69. The largest absolute Gasteiger partial charge is 0.493 e. The molecule has 5 aromatic rings. The van der Waals surface area contributed by atoms with Gasteiger partial charge in [-0.25, -0.2) is 0 Å². The molecule has 0 saturated heterocycles. The van der Waals surface area contributed by atoms with Gasteiger partial charge in [-0.1, -0.05) is 71.7 Å². The van der Waals surface area contributed by atoms with Crippen LogP contribution in [0.1, 0.15) is 22.3 Å². The number of carbonyl (C=O) groups is 1. The number of nitrogens with zero attached hydrogens (tertiary/aromatic N) is 1. The number of ether oxygens (including phenoxy) is 3. The van der Waals surface area contributed by atoms with Gasteiger partial charge in [-0.15, -0.1) is 0 Å². The molecule has 1 amide bonds. The smallest absolute Gasteiger partial charge is 0.266 e. The van der Waals surface area contributed by atoms with Crippen molar-refractivity contribution >= 4 is 51.6 Å². The minimum absolute atomic E-state index is 0.0650. The zero-order valence-corrected chi connectivity index (χ0v) is 25.6. The maximum Gasteiger partial charge on any atom is 0.266 e. The zero-order valence-electron chi connectivity index (χ0n) is 24.1. The number of carbonyl (C=O) groups excluding carboxylic acids is 1. The fourth-order valence-electron chi connectivity index (χ4n) is 4.63. The van der Waals surface area contributed by atoms with Crippen molar-refractivity contribution in [3.8, 4) is 23.3 Å². The van der Waals surface area contributed by atoms with E-state index in [1.807, 2.05) is 18.2 Å². The summed E-state index contributed by atoms with van der Waals surface area (Å²) in [6, 6.07) is 31.7. The van der Waals surface area contributed by atoms with Gasteiger partial charge >= 0.3 is 0 Å². The Balaban J connectivity index is 1.23. The Morgan fingerprint density at radius 3 is 2.43 bits per heavy atom. The number of hydrogen-bond donors (Lipinski definition) is 1. The zero-order chi connectivity index (χ0) is 31.1. The van der Waals surface area contributed by atoms with Gasteiger partial charge in [0, 0.05) is 26.9 Å². The Morgan fingerprint density at radius 2 is 1.68 bits per heavy atom. The van der Waals surface area contributed by atoms with Gasteiger partial charge in [0.15, 0.2) is 11.5 Å². The lowest BCUT2D eigenvalue weighted by molar-refractivity contribution is -0.112. The summed E-state index contributed by atoms with van der Waals surface area (Å²) in [5.74, 6) is 1.10. The predicted molar refractivity (Wildman–Crippen MR) is 175 cm³/mol. The van der Waals surface area contributed by atoms with Crippen molar-refractivity contribution < 1.29 is 19.0 Å². The van der Waals surface area contributed by atoms with Gasteiger partial charge in [-0.3, -0.25) is 4.79 Å². The molecule has 0 spiro atoms. The van der Waals surface area contributed by atoms with E-state index in [4.69, 9.17) is 37.4 Å². The molecule has 0 bridgehead atoms. The van der Waals surface area contributed by atoms with Crippen LogP contribution >= 0.6 is 23.2 Å². The molecule has 0 aromatic heterocycles. The number of benzene rings is 5. The predicted octanol–water partition coefficient (Wildman–Crippen LogP) is 9.17. The molecule has 6 nitrogen and oxygen atoms in total. The molecule has 0 aliphatic rings. The van der Waals surface area contributed by atoms with Crippen LogP contribution in [0.4, 0.5) is 5.69 Å². The number of hydrogen-bond acceptors (Lipinski definition) is 5. The highest BCUT2D eigenvalue weighted by Gasteiger charge is 2.13. The Labute approximate surface area is 266 Å². The monoisotopic (exact) mass is 622 g/mol. The molecule has 8 heteroatoms. The molecule has 44 heavy (non-hydrogen) atoms. The molecule has 5 rings (SSSR count). The lowest BCUT2D eigenvalue weighted by Gasteiger charge is -2.14. The number of halogens is 2. The van der Waals surface area contributed by atoms with Crippen LogP contribution in [0.5, 0.6) is 17.2 Å². The standard InChI is InChI=1S/C36H28Cl2N2O4/c1-23-7-9-25-5-3-4-6-31(25)32(23)22-44-34-16-8-24(18-35(34)42-2)17-27(20-39)36(41)40-29-12-14-30(15-13-29)43-21-26-10-11-28(37)19-33(26)38/h3-19H,21-22H2,1-2H3,(H,40,41)/b27-17+. The normalized spacial score (nSPS) is 11.1. The van der Waals surface area contributed by atoms with Crippen LogP contribution in [0.3, 0.4) is 0 Å². The molecule has 0 aliphatic carbocycles. The Hall–Kier alpha value is -4.96. The van der Waals surface area contributed by atoms with Crippen LogP contribution in [0.25, 0.3) is 16.8 Å². The lowest BCUT2D eigenvalue weighted by Crippen LogP contribution is -2.13. The van der Waals surface area contributed by atoms with Crippen molar-refractivity contribution in [1.29, 1.82) is 5.26 Å². The van der Waals surface area contributed by atoms with E-state index in [0.29, 0.717) is 45.2 Å². The van der Waals surface area contributed by atoms with Gasteiger partial charge in [-0.2, -0.15) is 5.26 Å². The van der Waals surface area contributed by atoms with E-state index in [0.717, 1.165) is 27.5 Å². The molecule has 0 radical (unpaired) electrons. The van der Waals surface area contributed by atoms with Crippen molar-refractivity contribution in [2.45, 2.75) is 20.1 Å². The first-order chi connectivity index (χ1) is 21.3. The van der Waals surface area contributed by atoms with E-state index in [9.17, 15) is 10.1 Å². The second kappa shape index (κ2) is 14.0. The highest BCUT2D eigenvalue weighted by Crippen LogP contribution is 2.31. The summed E-state index contributed by atoms with van der Waals surface area (Å²) in [5.41, 5.74) is 4.10. The minimum atomic E-state index is -0.542. The number of anilines is 1.